The van der Waals surface area contributed by atoms with Crippen LogP contribution in [0.4, 0.5) is 0 Å². The van der Waals surface area contributed by atoms with Crippen LogP contribution in [0.15, 0.2) is 33.8 Å². The standard InChI is InChI=1S/C17H19N3O4S3/c1-10(21)14(18-11(2)22)8-12-4-6-13(7-5-12)24-15(23)9-26-17-19-16(25-3)20-27-17/h4-7,14H,8-9H2,1-3H3,(H,18,22). The Hall–Kier alpha value is -1.91. The van der Waals surface area contributed by atoms with Gasteiger partial charge < -0.3 is 10.1 Å². The van der Waals surface area contributed by atoms with Gasteiger partial charge in [-0.25, -0.2) is 4.98 Å². The molecule has 0 bridgehead atoms. The third-order valence-electron chi connectivity index (χ3n) is 3.35. The smallest absolute Gasteiger partial charge is 0.321 e. The lowest BCUT2D eigenvalue weighted by Crippen LogP contribution is -2.40. The highest BCUT2D eigenvalue weighted by Gasteiger charge is 2.16. The highest BCUT2D eigenvalue weighted by Crippen LogP contribution is 2.24. The monoisotopic (exact) mass is 425 g/mol. The van der Waals surface area contributed by atoms with Crippen molar-refractivity contribution in [3.05, 3.63) is 29.8 Å². The van der Waals surface area contributed by atoms with Crippen molar-refractivity contribution < 1.29 is 19.1 Å². The first-order chi connectivity index (χ1) is 12.9. The largest absolute Gasteiger partial charge is 0.426 e. The number of nitrogens with one attached hydrogen (secondary N) is 1. The van der Waals surface area contributed by atoms with E-state index in [1.165, 1.54) is 48.9 Å². The van der Waals surface area contributed by atoms with Gasteiger partial charge in [-0.1, -0.05) is 35.7 Å². The Morgan fingerprint density at radius 3 is 2.48 bits per heavy atom. The molecule has 1 aromatic carbocycles. The van der Waals surface area contributed by atoms with Crippen molar-refractivity contribution in [3.63, 3.8) is 0 Å². The van der Waals surface area contributed by atoms with E-state index in [-0.39, 0.29) is 23.4 Å². The molecule has 0 fully saturated rings. The zero-order chi connectivity index (χ0) is 19.8. The molecule has 0 spiro atoms. The second-order valence-electron chi connectivity index (χ2n) is 5.52. The van der Waals surface area contributed by atoms with Crippen LogP contribution in [0.2, 0.25) is 0 Å². The third-order valence-corrected chi connectivity index (χ3v) is 5.82. The fourth-order valence-electron chi connectivity index (χ4n) is 2.09. The molecule has 1 aromatic heterocycles. The number of carbonyl (C=O) groups is 3. The molecule has 1 N–H and O–H groups in total. The highest BCUT2D eigenvalue weighted by molar-refractivity contribution is 8.01. The number of benzene rings is 1. The number of hydrogen-bond donors (Lipinski definition) is 1. The fourth-order valence-corrected chi connectivity index (χ4v) is 4.07. The maximum absolute atomic E-state index is 12.0. The quantitative estimate of drug-likeness (QED) is 0.372. The number of ketones is 1. The summed E-state index contributed by atoms with van der Waals surface area (Å²) in [6, 6.07) is 6.30. The Morgan fingerprint density at radius 1 is 1.22 bits per heavy atom. The van der Waals surface area contributed by atoms with Crippen molar-refractivity contribution >= 4 is 52.7 Å². The predicted octanol–water partition coefficient (Wildman–Crippen LogP) is 2.59. The average Bonchev–Trinajstić information content (AvgIpc) is 3.09. The molecule has 0 aliphatic carbocycles. The molecule has 1 unspecified atom stereocenters. The van der Waals surface area contributed by atoms with Gasteiger partial charge in [0.15, 0.2) is 10.1 Å². The van der Waals surface area contributed by atoms with E-state index >= 15 is 0 Å². The van der Waals surface area contributed by atoms with Crippen LogP contribution in [0.1, 0.15) is 19.4 Å². The van der Waals surface area contributed by atoms with Gasteiger partial charge in [0.1, 0.15) is 5.75 Å². The lowest BCUT2D eigenvalue weighted by molar-refractivity contribution is -0.131. The van der Waals surface area contributed by atoms with E-state index in [1.54, 1.807) is 24.3 Å². The van der Waals surface area contributed by atoms with E-state index in [0.717, 1.165) is 9.90 Å². The number of ether oxygens (including phenoxy) is 1. The van der Waals surface area contributed by atoms with E-state index in [2.05, 4.69) is 14.7 Å². The number of amides is 1. The molecule has 0 aliphatic rings. The summed E-state index contributed by atoms with van der Waals surface area (Å²) in [6.07, 6.45) is 2.27. The van der Waals surface area contributed by atoms with E-state index < -0.39 is 6.04 Å². The molecular weight excluding hydrogens is 406 g/mol. The summed E-state index contributed by atoms with van der Waals surface area (Å²) in [5.41, 5.74) is 0.858. The van der Waals surface area contributed by atoms with Crippen molar-refractivity contribution in [1.29, 1.82) is 0 Å². The number of hydrogen-bond acceptors (Lipinski definition) is 9. The van der Waals surface area contributed by atoms with Crippen molar-refractivity contribution in [2.75, 3.05) is 12.0 Å². The number of aromatic nitrogens is 2. The minimum absolute atomic E-state index is 0.112. The molecule has 2 aromatic rings. The summed E-state index contributed by atoms with van der Waals surface area (Å²) in [5.74, 6) is -0.184. The summed E-state index contributed by atoms with van der Waals surface area (Å²) in [5, 5.41) is 3.31. The topological polar surface area (TPSA) is 98.2 Å². The minimum atomic E-state index is -0.564. The maximum Gasteiger partial charge on any atom is 0.321 e. The Balaban J connectivity index is 1.85. The third kappa shape index (κ3) is 7.31. The number of Topliss-reactive ketones (excluding diaryl/α,β-unsaturated/α-hetero) is 1. The predicted molar refractivity (Wildman–Crippen MR) is 106 cm³/mol. The normalized spacial score (nSPS) is 11.7. The molecule has 0 aliphatic heterocycles. The zero-order valence-electron chi connectivity index (χ0n) is 15.1. The van der Waals surface area contributed by atoms with Crippen molar-refractivity contribution in [2.45, 2.75) is 35.8 Å². The van der Waals surface area contributed by atoms with Gasteiger partial charge in [-0.2, -0.15) is 4.37 Å². The van der Waals surface area contributed by atoms with Gasteiger partial charge in [-0.05, 0) is 48.8 Å². The second kappa shape index (κ2) is 10.4. The van der Waals surface area contributed by atoms with Crippen LogP contribution in [0.25, 0.3) is 0 Å². The van der Waals surface area contributed by atoms with Crippen LogP contribution >= 0.6 is 35.1 Å². The number of nitrogens with zero attached hydrogens (tertiary/aromatic N) is 2. The number of carbonyl (C=O) groups excluding carboxylic acids is 3. The summed E-state index contributed by atoms with van der Waals surface area (Å²) >= 11 is 3.99. The van der Waals surface area contributed by atoms with Crippen LogP contribution in [0.5, 0.6) is 5.75 Å². The Labute approximate surface area is 169 Å². The van der Waals surface area contributed by atoms with Crippen LogP contribution in [0.3, 0.4) is 0 Å². The highest BCUT2D eigenvalue weighted by atomic mass is 32.2. The number of esters is 1. The molecule has 1 amide bonds. The molecular formula is C17H19N3O4S3. The Bertz CT molecular complexity index is 808. The van der Waals surface area contributed by atoms with Gasteiger partial charge >= 0.3 is 5.97 Å². The first-order valence-corrected chi connectivity index (χ1v) is 10.9. The van der Waals surface area contributed by atoms with Crippen LogP contribution in [-0.4, -0.2) is 45.1 Å². The fraction of sp³-hybridized carbons (Fsp3) is 0.353. The van der Waals surface area contributed by atoms with Gasteiger partial charge in [-0.15, -0.1) is 0 Å². The zero-order valence-corrected chi connectivity index (χ0v) is 17.5. The van der Waals surface area contributed by atoms with E-state index in [9.17, 15) is 14.4 Å². The van der Waals surface area contributed by atoms with E-state index in [4.69, 9.17) is 4.74 Å². The molecule has 1 atom stereocenters. The lowest BCUT2D eigenvalue weighted by atomic mass is 10.0. The van der Waals surface area contributed by atoms with Crippen LogP contribution in [0, 0.1) is 0 Å². The summed E-state index contributed by atoms with van der Waals surface area (Å²) in [6.45, 7) is 2.81. The molecule has 1 heterocycles. The lowest BCUT2D eigenvalue weighted by Gasteiger charge is -2.15. The molecule has 0 radical (unpaired) electrons. The second-order valence-corrected chi connectivity index (χ2v) is 8.27. The molecule has 0 saturated carbocycles. The number of rotatable bonds is 9. The van der Waals surface area contributed by atoms with Gasteiger partial charge in [0.2, 0.25) is 11.1 Å². The van der Waals surface area contributed by atoms with Gasteiger partial charge in [0.05, 0.1) is 11.8 Å². The average molecular weight is 426 g/mol. The van der Waals surface area contributed by atoms with E-state index in [0.29, 0.717) is 17.3 Å². The maximum atomic E-state index is 12.0. The molecule has 27 heavy (non-hydrogen) atoms. The van der Waals surface area contributed by atoms with Crippen molar-refractivity contribution in [1.82, 2.24) is 14.7 Å². The van der Waals surface area contributed by atoms with Crippen molar-refractivity contribution in [2.24, 2.45) is 0 Å². The Morgan fingerprint density at radius 2 is 1.93 bits per heavy atom. The van der Waals surface area contributed by atoms with Crippen LogP contribution < -0.4 is 10.1 Å². The molecule has 2 rings (SSSR count). The van der Waals surface area contributed by atoms with Gasteiger partial charge in [-0.3, -0.25) is 14.4 Å². The SMILES string of the molecule is CSc1nsc(SCC(=O)Oc2ccc(CC(NC(C)=O)C(C)=O)cc2)n1. The van der Waals surface area contributed by atoms with Crippen LogP contribution in [-0.2, 0) is 20.8 Å². The first-order valence-electron chi connectivity index (χ1n) is 7.95. The molecule has 7 nitrogen and oxygen atoms in total. The summed E-state index contributed by atoms with van der Waals surface area (Å²) in [4.78, 5) is 39.0. The molecule has 144 valence electrons. The van der Waals surface area contributed by atoms with Gasteiger partial charge in [0, 0.05) is 6.92 Å². The Kier molecular flexibility index (Phi) is 8.26. The van der Waals surface area contributed by atoms with Gasteiger partial charge in [0.25, 0.3) is 0 Å². The van der Waals surface area contributed by atoms with E-state index in [1.807, 2.05) is 6.26 Å². The first kappa shape index (κ1) is 21.4. The number of thioether (sulfide) groups is 2. The minimum Gasteiger partial charge on any atom is -0.426 e. The molecule has 10 heteroatoms. The molecule has 0 saturated heterocycles. The summed E-state index contributed by atoms with van der Waals surface area (Å²) < 4.78 is 10.1. The van der Waals surface area contributed by atoms with Crippen molar-refractivity contribution in [3.8, 4) is 5.75 Å². The summed E-state index contributed by atoms with van der Waals surface area (Å²) in [7, 11) is 0.